The predicted molar refractivity (Wildman–Crippen MR) is 593 cm³/mol. The molecule has 0 heterocycles. The number of benzene rings is 8. The van der Waals surface area contributed by atoms with Crippen molar-refractivity contribution in [1.29, 1.82) is 0 Å². The van der Waals surface area contributed by atoms with Crippen LogP contribution in [-0.4, -0.2) is 64.6 Å². The van der Waals surface area contributed by atoms with Gasteiger partial charge in [0.05, 0.1) is 64.6 Å². The van der Waals surface area contributed by atoms with Crippen molar-refractivity contribution in [3.8, 4) is 44.5 Å². The van der Waals surface area contributed by atoms with Crippen molar-refractivity contribution in [3.63, 3.8) is 0 Å². The molecule has 12 rings (SSSR count). The summed E-state index contributed by atoms with van der Waals surface area (Å²) in [4.78, 5) is 0. The Kier molecular flexibility index (Phi) is 35.3. The molecule has 12 aromatic rings. The third-order valence-electron chi connectivity index (χ3n) is 25.8. The van der Waals surface area contributed by atoms with Gasteiger partial charge in [-0.05, 0) is 87.8 Å². The third-order valence-corrected chi connectivity index (χ3v) is 43.1. The number of fused-ring (bicyclic) bond motifs is 4. The van der Waals surface area contributed by atoms with E-state index in [0.29, 0.717) is 0 Å². The van der Waals surface area contributed by atoms with Gasteiger partial charge in [0, 0.05) is 0 Å². The van der Waals surface area contributed by atoms with E-state index in [-0.39, 0.29) is 121 Å². The molecule has 0 saturated carbocycles. The second-order valence-electron chi connectivity index (χ2n) is 54.3. The molecule has 0 aliphatic heterocycles. The molecule has 0 unspecified atom stereocenters. The van der Waals surface area contributed by atoms with Crippen LogP contribution >= 0.6 is 0 Å². The summed E-state index contributed by atoms with van der Waals surface area (Å²) in [6.07, 6.45) is 0. The van der Waals surface area contributed by atoms with Crippen molar-refractivity contribution in [2.75, 3.05) is 0 Å². The Morgan fingerprint density at radius 3 is 0.367 bits per heavy atom. The minimum Gasteiger partial charge on any atom is -1.00 e. The third kappa shape index (κ3) is 28.3. The molecule has 0 atom stereocenters. The molecular formula is C116H172Cl2Si8Zr2-2. The molecule has 0 radical (unpaired) electrons. The maximum absolute atomic E-state index is 2.54. The summed E-state index contributed by atoms with van der Waals surface area (Å²) in [5.41, 5.74) is 23.4. The van der Waals surface area contributed by atoms with Crippen LogP contribution < -0.4 is 66.3 Å². The number of hydrogen-bond acceptors (Lipinski definition) is 0. The first-order chi connectivity index (χ1) is 55.5. The standard InChI is InChI=1S/4C29H43Si2.2ClH.2Zr/c4*1-28(2,3)24-15-23(16-25(19-24)29(4,5)6)20-13-21-17-26(30(7,8)9)27(31(10,11)12)18-22(21)14-20;;;;/h4*13-19H,1-12H3;2*1H;;/q4*-1;;;2*+2/p-2. The molecule has 0 N–H and O–H groups in total. The van der Waals surface area contributed by atoms with Gasteiger partial charge < -0.3 is 24.8 Å². The summed E-state index contributed by atoms with van der Waals surface area (Å²) in [5, 5.41) is 24.6. The van der Waals surface area contributed by atoms with Crippen molar-refractivity contribution in [2.45, 2.75) is 367 Å². The Bertz CT molecular complexity index is 4830. The van der Waals surface area contributed by atoms with Gasteiger partial charge in [0.2, 0.25) is 0 Å². The van der Waals surface area contributed by atoms with Gasteiger partial charge in [0.1, 0.15) is 0 Å². The van der Waals surface area contributed by atoms with E-state index < -0.39 is 64.6 Å². The van der Waals surface area contributed by atoms with Crippen LogP contribution in [0.4, 0.5) is 0 Å². The Morgan fingerprint density at radius 1 is 0.156 bits per heavy atom. The van der Waals surface area contributed by atoms with Gasteiger partial charge in [-0.1, -0.05) is 484 Å². The van der Waals surface area contributed by atoms with Crippen LogP contribution in [0.3, 0.4) is 0 Å². The van der Waals surface area contributed by atoms with Gasteiger partial charge in [-0.2, -0.15) is 0 Å². The van der Waals surface area contributed by atoms with E-state index in [1.165, 1.54) is 132 Å². The molecule has 0 nitrogen and oxygen atoms in total. The molecule has 0 aliphatic carbocycles. The quantitative estimate of drug-likeness (QED) is 0.0845. The van der Waals surface area contributed by atoms with E-state index in [2.05, 4.69) is 493 Å². The Hall–Kier alpha value is -3.72. The first-order valence-electron chi connectivity index (χ1n) is 47.2. The largest absolute Gasteiger partial charge is 2.00 e. The van der Waals surface area contributed by atoms with Gasteiger partial charge in [-0.3, -0.25) is 0 Å². The van der Waals surface area contributed by atoms with E-state index in [9.17, 15) is 0 Å². The Labute approximate surface area is 843 Å². The predicted octanol–water partition coefficient (Wildman–Crippen LogP) is 25.6. The molecule has 0 aliphatic rings. The molecule has 0 saturated heterocycles. The van der Waals surface area contributed by atoms with Crippen LogP contribution in [-0.2, 0) is 95.7 Å². The monoisotopic (exact) mass is 2040 g/mol. The normalized spacial score (nSPS) is 13.4. The van der Waals surface area contributed by atoms with Crippen LogP contribution in [0, 0.1) is 0 Å². The molecule has 0 amide bonds. The zero-order valence-corrected chi connectivity index (χ0v) is 104. The van der Waals surface area contributed by atoms with Crippen LogP contribution in [0.2, 0.25) is 157 Å². The van der Waals surface area contributed by atoms with Crippen LogP contribution in [0.5, 0.6) is 0 Å². The fourth-order valence-corrected chi connectivity index (χ4v) is 38.1. The summed E-state index contributed by atoms with van der Waals surface area (Å²) >= 11 is 0. The molecule has 0 spiro atoms. The maximum Gasteiger partial charge on any atom is 2.00 e. The number of hydrogen-bond donors (Lipinski definition) is 0. The second kappa shape index (κ2) is 39.4. The summed E-state index contributed by atoms with van der Waals surface area (Å²) < 4.78 is 0. The fourth-order valence-electron chi connectivity index (χ4n) is 17.3. The second-order valence-corrected chi connectivity index (χ2v) is 94.6. The molecule has 0 aromatic heterocycles. The SMILES string of the molecule is CC(C)(C)c1cc(-c2cc3cc([Si](C)(C)C)c([Si](C)(C)C)cc3[cH-]2)cc(C(C)(C)C)c1.CC(C)(C)c1cc(-c2cc3cc([Si](C)(C)C)c([Si](C)(C)C)cc3[cH-]2)cc(C(C)(C)C)c1.CC(C)(C)c1cc(-c2cc3cc([Si](C)(C)C)c([Si](C)(C)C)cc3[cH-]2)cc(C(C)(C)C)c1.CC(C)(C)c1cc(-c2cc3cc([Si](C)(C)C)c([Si](C)(C)C)cc3[cH-]2)cc(C(C)(C)C)c1.[Cl-].[Cl-].[Zr+2].[Zr+2]. The summed E-state index contributed by atoms with van der Waals surface area (Å²) in [6, 6.07) is 68.8. The summed E-state index contributed by atoms with van der Waals surface area (Å²) in [6.45, 7) is 115. The van der Waals surface area contributed by atoms with Crippen molar-refractivity contribution in [2.24, 2.45) is 0 Å². The molecule has 12 heteroatoms. The number of halogens is 2. The van der Waals surface area contributed by atoms with Gasteiger partial charge in [-0.15, -0.1) is 138 Å². The average molecular weight is 2040 g/mol. The first-order valence-corrected chi connectivity index (χ1v) is 75.2. The minimum absolute atomic E-state index is 0. The van der Waals surface area contributed by atoms with E-state index in [1.807, 2.05) is 0 Å². The van der Waals surface area contributed by atoms with Gasteiger partial charge >= 0.3 is 52.4 Å². The number of rotatable bonds is 12. The van der Waals surface area contributed by atoms with E-state index in [4.69, 9.17) is 0 Å². The molecule has 692 valence electrons. The minimum atomic E-state index is -1.41. The van der Waals surface area contributed by atoms with Gasteiger partial charge in [0.15, 0.2) is 0 Å². The Morgan fingerprint density at radius 2 is 0.266 bits per heavy atom. The topological polar surface area (TPSA) is 0 Å². The van der Waals surface area contributed by atoms with Crippen molar-refractivity contribution >= 4 is 149 Å². The smallest absolute Gasteiger partial charge is 1.00 e. The first kappa shape index (κ1) is 115. The van der Waals surface area contributed by atoms with E-state index in [1.54, 1.807) is 41.5 Å². The van der Waals surface area contributed by atoms with Crippen LogP contribution in [0.1, 0.15) is 211 Å². The van der Waals surface area contributed by atoms with E-state index in [0.717, 1.165) is 0 Å². The van der Waals surface area contributed by atoms with Gasteiger partial charge in [-0.25, -0.2) is 0 Å². The van der Waals surface area contributed by atoms with Crippen LogP contribution in [0.25, 0.3) is 87.6 Å². The molecule has 128 heavy (non-hydrogen) atoms. The van der Waals surface area contributed by atoms with Crippen LogP contribution in [0.15, 0.2) is 170 Å². The average Bonchev–Trinajstić information content (AvgIpc) is 1.60. The van der Waals surface area contributed by atoms with Crippen molar-refractivity contribution in [1.82, 2.24) is 0 Å². The summed E-state index contributed by atoms with van der Waals surface area (Å²) in [7, 11) is -11.3. The molecular weight excluding hydrogens is 1870 g/mol. The molecule has 12 aromatic carbocycles. The zero-order chi connectivity index (χ0) is 94.3. The van der Waals surface area contributed by atoms with Crippen molar-refractivity contribution < 1.29 is 77.2 Å². The van der Waals surface area contributed by atoms with Crippen molar-refractivity contribution in [3.05, 3.63) is 214 Å². The molecule has 0 bridgehead atoms. The zero-order valence-electron chi connectivity index (χ0n) is 89.9. The van der Waals surface area contributed by atoms with E-state index >= 15 is 0 Å². The summed E-state index contributed by atoms with van der Waals surface area (Å²) in [5.74, 6) is 0. The molecule has 0 fully saturated rings. The Balaban J connectivity index is 0.000000299. The maximum atomic E-state index is 2.54. The fraction of sp³-hybridized carbons (Fsp3) is 0.483. The van der Waals surface area contributed by atoms with Gasteiger partial charge in [0.25, 0.3) is 0 Å².